The van der Waals surface area contributed by atoms with E-state index in [0.29, 0.717) is 46.0 Å². The Kier molecular flexibility index (Phi) is 13.5. The maximum atomic E-state index is 7.12. The number of nitrogens with zero attached hydrogens (tertiary/aromatic N) is 4. The fraction of sp³-hybridized carbons (Fsp3) is 0.0400. The number of para-hydroxylation sites is 6. The Bertz CT molecular complexity index is 2780. The Labute approximate surface area is 384 Å². The zero-order valence-corrected chi connectivity index (χ0v) is 39.4. The van der Waals surface area contributed by atoms with Gasteiger partial charge in [-0.2, -0.15) is 0 Å². The highest BCUT2D eigenvalue weighted by Gasteiger charge is 2.49. The number of hydrogen-bond donors (Lipinski definition) is 0. The van der Waals surface area contributed by atoms with Gasteiger partial charge in [0.1, 0.15) is 46.0 Å². The summed E-state index contributed by atoms with van der Waals surface area (Å²) in [4.78, 5) is 0. The molecule has 2 unspecified atom stereocenters. The van der Waals surface area contributed by atoms with Gasteiger partial charge in [0.25, 0.3) is 0 Å². The maximum absolute atomic E-state index is 7.12. The van der Waals surface area contributed by atoms with Gasteiger partial charge in [-0.25, -0.2) is 0 Å². The van der Waals surface area contributed by atoms with Gasteiger partial charge < -0.3 is 36.2 Å². The zero-order chi connectivity index (χ0) is 45.1. The van der Waals surface area contributed by atoms with Crippen LogP contribution in [0.15, 0.2) is 249 Å². The van der Waals surface area contributed by atoms with Crippen LogP contribution in [0.2, 0.25) is 0 Å². The van der Waals surface area contributed by atoms with Gasteiger partial charge in [0.2, 0.25) is 0 Å². The minimum atomic E-state index is -4.37. The second kappa shape index (κ2) is 20.1. The summed E-state index contributed by atoms with van der Waals surface area (Å²) in [6.45, 7) is 3.97. The van der Waals surface area contributed by atoms with Crippen molar-refractivity contribution in [3.05, 3.63) is 242 Å². The van der Waals surface area contributed by atoms with Crippen LogP contribution in [0.3, 0.4) is 0 Å². The molecule has 0 amide bonds. The molecule has 8 aromatic carbocycles. The quantitative estimate of drug-likeness (QED) is 0.0877. The Morgan fingerprint density at radius 2 is 0.364 bits per heavy atom. The molecule has 0 radical (unpaired) electrons. The molecule has 16 heteroatoms. The van der Waals surface area contributed by atoms with Crippen molar-refractivity contribution in [2.45, 2.75) is 13.8 Å². The van der Waals surface area contributed by atoms with E-state index in [4.69, 9.17) is 54.3 Å². The Morgan fingerprint density at radius 3 is 0.530 bits per heavy atom. The van der Waals surface area contributed by atoms with Crippen LogP contribution in [0.5, 0.6) is 46.0 Å². The van der Waals surface area contributed by atoms with Crippen LogP contribution >= 0.6 is 30.6 Å². The largest absolute Gasteiger partial charge is 0.460 e. The number of benzene rings is 8. The molecule has 0 aliphatic carbocycles. The summed E-state index contributed by atoms with van der Waals surface area (Å²) < 4.78 is 79.0. The van der Waals surface area contributed by atoms with E-state index in [-0.39, 0.29) is 0 Å². The van der Waals surface area contributed by atoms with Gasteiger partial charge >= 0.3 is 30.6 Å². The lowest BCUT2D eigenvalue weighted by Crippen LogP contribution is -2.11. The number of aryl methyl sites for hydroxylation is 2. The first kappa shape index (κ1) is 44.3. The Hall–Kier alpha value is -6.92. The molecule has 1 aliphatic heterocycles. The second-order valence-electron chi connectivity index (χ2n) is 14.6. The smallest absolute Gasteiger partial charge is 0.413 e. The third-order valence-corrected chi connectivity index (χ3v) is 20.0. The van der Waals surface area contributed by atoms with E-state index in [2.05, 4.69) is 0 Å². The monoisotopic (exact) mass is 952 g/mol. The summed E-state index contributed by atoms with van der Waals surface area (Å²) in [6.07, 6.45) is 0. The average Bonchev–Trinajstić information content (AvgIpc) is 3.32. The highest BCUT2D eigenvalue weighted by molar-refractivity contribution is 7.79. The van der Waals surface area contributed by atoms with Crippen molar-refractivity contribution in [3.63, 3.8) is 0 Å². The van der Waals surface area contributed by atoms with E-state index < -0.39 is 30.6 Å². The van der Waals surface area contributed by atoms with E-state index in [1.807, 2.05) is 172 Å². The molecule has 0 saturated carbocycles. The van der Waals surface area contributed by atoms with E-state index in [0.717, 1.165) is 11.1 Å². The first-order chi connectivity index (χ1) is 32.2. The second-order valence-corrected chi connectivity index (χ2v) is 22.8. The summed E-state index contributed by atoms with van der Waals surface area (Å²) in [5, 5.41) is 0. The van der Waals surface area contributed by atoms with Gasteiger partial charge in [-0.05, 0) is 111 Å². The molecule has 332 valence electrons. The van der Waals surface area contributed by atoms with E-state index in [1.165, 1.54) is 0 Å². The van der Waals surface area contributed by atoms with Crippen molar-refractivity contribution in [2.75, 3.05) is 0 Å². The van der Waals surface area contributed by atoms with Gasteiger partial charge in [-0.3, -0.25) is 0 Å². The van der Waals surface area contributed by atoms with Crippen molar-refractivity contribution in [1.82, 2.24) is 0 Å². The van der Waals surface area contributed by atoms with Crippen molar-refractivity contribution >= 4 is 30.6 Å². The van der Waals surface area contributed by atoms with Gasteiger partial charge in [-0.1, -0.05) is 163 Å². The maximum Gasteiger partial charge on any atom is 0.460 e. The predicted octanol–water partition coefficient (Wildman–Crippen LogP) is 17.0. The van der Waals surface area contributed by atoms with Gasteiger partial charge in [0.05, 0.1) is 0 Å². The normalized spacial score (nSPS) is 18.1. The Balaban J connectivity index is 1.48. The van der Waals surface area contributed by atoms with Crippen molar-refractivity contribution < 1.29 is 36.2 Å². The predicted molar refractivity (Wildman–Crippen MR) is 263 cm³/mol. The molecule has 0 fully saturated rings. The third-order valence-electron chi connectivity index (χ3n) is 9.20. The molecule has 1 heterocycles. The van der Waals surface area contributed by atoms with Crippen molar-refractivity contribution in [3.8, 4) is 46.0 Å². The average molecular weight is 953 g/mol. The Morgan fingerprint density at radius 1 is 0.212 bits per heavy atom. The summed E-state index contributed by atoms with van der Waals surface area (Å²) in [7, 11) is -17.5. The van der Waals surface area contributed by atoms with Crippen LogP contribution in [0.4, 0.5) is 0 Å². The summed E-state index contributed by atoms with van der Waals surface area (Å²) in [5.74, 6) is 2.89. The first-order valence-corrected chi connectivity index (χ1v) is 26.9. The molecule has 9 rings (SSSR count). The fourth-order valence-corrected chi connectivity index (χ4v) is 18.3. The highest BCUT2D eigenvalue weighted by Crippen LogP contribution is 2.79. The molecule has 12 nitrogen and oxygen atoms in total. The SMILES string of the molecule is Cc1ccc(OP2(Oc3ccccc3)=NP(Oc3ccccc3)(Oc3ccccc3)=NP(Oc3ccccc3)(Oc3ccc(C)cc3)=NP(Oc3ccccc3)(Oc3ccccc3)=N2)cc1. The van der Waals surface area contributed by atoms with E-state index in [9.17, 15) is 0 Å². The molecule has 0 N–H and O–H groups in total. The van der Waals surface area contributed by atoms with Gasteiger partial charge in [0, 0.05) is 0 Å². The lowest BCUT2D eigenvalue weighted by molar-refractivity contribution is 0.444. The minimum absolute atomic E-state index is 0.360. The summed E-state index contributed by atoms with van der Waals surface area (Å²) >= 11 is 0. The van der Waals surface area contributed by atoms with Crippen molar-refractivity contribution in [1.29, 1.82) is 0 Å². The van der Waals surface area contributed by atoms with Crippen molar-refractivity contribution in [2.24, 2.45) is 18.1 Å². The standard InChI is InChI=1S/C50H44N4O8P4/c1-41-33-37-49(38-34-41)61-65(59-47-29-17-7-18-30-47)51-63(55-43-21-9-3-10-22-43,56-44-23-11-4-12-24-44)53-66(60-48-31-19-8-20-32-48,62-50-39-35-42(2)36-40-50)54-64(52-65,57-45-25-13-5-14-26-45)58-46-27-15-6-16-28-46/h3-40H,1-2H3. The van der Waals surface area contributed by atoms with Crippen LogP contribution in [0, 0.1) is 13.8 Å². The molecule has 0 bridgehead atoms. The van der Waals surface area contributed by atoms with Crippen LogP contribution < -0.4 is 36.2 Å². The molecular weight excluding hydrogens is 908 g/mol. The first-order valence-electron chi connectivity index (χ1n) is 20.8. The van der Waals surface area contributed by atoms with E-state index in [1.54, 1.807) is 72.8 Å². The van der Waals surface area contributed by atoms with Crippen LogP contribution in [-0.2, 0) is 0 Å². The summed E-state index contributed by atoms with van der Waals surface area (Å²) in [5.41, 5.74) is 2.00. The lowest BCUT2D eigenvalue weighted by atomic mass is 10.2. The molecule has 2 atom stereocenters. The molecule has 0 aromatic heterocycles. The van der Waals surface area contributed by atoms with Crippen LogP contribution in [0.1, 0.15) is 11.1 Å². The van der Waals surface area contributed by atoms with Crippen LogP contribution in [-0.4, -0.2) is 0 Å². The van der Waals surface area contributed by atoms with E-state index >= 15 is 0 Å². The summed E-state index contributed by atoms with van der Waals surface area (Å²) in [6, 6.07) is 69.5. The molecule has 0 spiro atoms. The molecule has 8 aromatic rings. The zero-order valence-electron chi connectivity index (χ0n) is 35.8. The number of rotatable bonds is 16. The molecule has 66 heavy (non-hydrogen) atoms. The fourth-order valence-electron chi connectivity index (χ4n) is 6.19. The minimum Gasteiger partial charge on any atom is -0.413 e. The van der Waals surface area contributed by atoms with Gasteiger partial charge in [0.15, 0.2) is 0 Å². The molecule has 1 aliphatic rings. The van der Waals surface area contributed by atoms with Crippen LogP contribution in [0.25, 0.3) is 0 Å². The lowest BCUT2D eigenvalue weighted by Gasteiger charge is -2.33. The van der Waals surface area contributed by atoms with Gasteiger partial charge in [-0.15, -0.1) is 0 Å². The third kappa shape index (κ3) is 11.5. The molecule has 0 saturated heterocycles. The highest BCUT2D eigenvalue weighted by atomic mass is 31.3. The topological polar surface area (TPSA) is 123 Å². The molecular formula is C50H44N4O8P4. The number of hydrogen-bond acceptors (Lipinski definition) is 12.